The molecule has 0 unspecified atom stereocenters. The summed E-state index contributed by atoms with van der Waals surface area (Å²) in [7, 11) is 1.67. The quantitative estimate of drug-likeness (QED) is 0.492. The Balaban J connectivity index is 0.00000200. The van der Waals surface area contributed by atoms with E-state index in [1.807, 2.05) is 24.3 Å². The van der Waals surface area contributed by atoms with Crippen LogP contribution in [0.15, 0.2) is 29.3 Å². The number of methoxy groups -OCH3 is 1. The van der Waals surface area contributed by atoms with E-state index in [0.717, 1.165) is 30.3 Å². The molecule has 1 saturated heterocycles. The molecule has 4 nitrogen and oxygen atoms in total. The van der Waals surface area contributed by atoms with Gasteiger partial charge in [0.1, 0.15) is 5.75 Å². The number of nitrogens with two attached hydrogens (primary N) is 1. The highest BCUT2D eigenvalue weighted by molar-refractivity contribution is 14.0. The van der Waals surface area contributed by atoms with Crippen molar-refractivity contribution in [2.24, 2.45) is 16.6 Å². The number of nitrogens with zero attached hydrogens (tertiary/aromatic N) is 2. The zero-order valence-electron chi connectivity index (χ0n) is 12.2. The molecule has 20 heavy (non-hydrogen) atoms. The fourth-order valence-electron chi connectivity index (χ4n) is 2.24. The van der Waals surface area contributed by atoms with Gasteiger partial charge in [0.15, 0.2) is 5.96 Å². The monoisotopic (exact) mass is 389 g/mol. The summed E-state index contributed by atoms with van der Waals surface area (Å²) in [5.74, 6) is 2.35. The highest BCUT2D eigenvalue weighted by Crippen LogP contribution is 2.16. The zero-order chi connectivity index (χ0) is 13.7. The van der Waals surface area contributed by atoms with E-state index in [9.17, 15) is 0 Å². The largest absolute Gasteiger partial charge is 0.497 e. The maximum absolute atomic E-state index is 6.05. The molecule has 0 radical (unpaired) electrons. The minimum atomic E-state index is 0. The van der Waals surface area contributed by atoms with Crippen molar-refractivity contribution in [3.8, 4) is 5.75 Å². The highest BCUT2D eigenvalue weighted by Gasteiger charge is 2.16. The maximum Gasteiger partial charge on any atom is 0.191 e. The van der Waals surface area contributed by atoms with E-state index in [1.54, 1.807) is 7.11 Å². The summed E-state index contributed by atoms with van der Waals surface area (Å²) in [6.45, 7) is 4.97. The first-order chi connectivity index (χ1) is 9.19. The molecule has 0 amide bonds. The number of rotatable bonds is 3. The van der Waals surface area contributed by atoms with Crippen LogP contribution in [0.5, 0.6) is 5.75 Å². The minimum absolute atomic E-state index is 0. The Bertz CT molecular complexity index is 425. The molecule has 1 aliphatic rings. The lowest BCUT2D eigenvalue weighted by Crippen LogP contribution is -2.42. The number of hydrogen-bond donors (Lipinski definition) is 1. The fraction of sp³-hybridized carbons (Fsp3) is 0.533. The van der Waals surface area contributed by atoms with E-state index in [2.05, 4.69) is 16.8 Å². The highest BCUT2D eigenvalue weighted by atomic mass is 127. The topological polar surface area (TPSA) is 50.9 Å². The van der Waals surface area contributed by atoms with Gasteiger partial charge in [-0.2, -0.15) is 0 Å². The molecular formula is C15H24IN3O. The van der Waals surface area contributed by atoms with Gasteiger partial charge in [-0.25, -0.2) is 4.99 Å². The molecule has 0 aliphatic carbocycles. The predicted octanol–water partition coefficient (Wildman–Crippen LogP) is 2.86. The average Bonchev–Trinajstić information content (AvgIpc) is 2.46. The van der Waals surface area contributed by atoms with Gasteiger partial charge < -0.3 is 15.4 Å². The lowest BCUT2D eigenvalue weighted by atomic mass is 10.00. The number of ether oxygens (including phenoxy) is 1. The molecule has 2 rings (SSSR count). The van der Waals surface area contributed by atoms with E-state index in [1.165, 1.54) is 12.8 Å². The third kappa shape index (κ3) is 4.85. The number of hydrogen-bond acceptors (Lipinski definition) is 2. The Morgan fingerprint density at radius 3 is 2.45 bits per heavy atom. The second kappa shape index (κ2) is 8.34. The van der Waals surface area contributed by atoms with Crippen molar-refractivity contribution >= 4 is 29.9 Å². The fourth-order valence-corrected chi connectivity index (χ4v) is 2.24. The molecular weight excluding hydrogens is 365 g/mol. The summed E-state index contributed by atoms with van der Waals surface area (Å²) < 4.78 is 5.13. The van der Waals surface area contributed by atoms with Crippen LogP contribution in [0.3, 0.4) is 0 Å². The van der Waals surface area contributed by atoms with E-state index in [4.69, 9.17) is 10.5 Å². The second-order valence-electron chi connectivity index (χ2n) is 5.19. The summed E-state index contributed by atoms with van der Waals surface area (Å²) in [5.41, 5.74) is 7.20. The zero-order valence-corrected chi connectivity index (χ0v) is 14.5. The van der Waals surface area contributed by atoms with Gasteiger partial charge in [-0.05, 0) is 36.5 Å². The predicted molar refractivity (Wildman–Crippen MR) is 93.7 cm³/mol. The van der Waals surface area contributed by atoms with Crippen molar-refractivity contribution in [3.05, 3.63) is 29.8 Å². The number of halogens is 1. The number of piperidine rings is 1. The summed E-state index contributed by atoms with van der Waals surface area (Å²) >= 11 is 0. The van der Waals surface area contributed by atoms with Crippen LogP contribution in [0.25, 0.3) is 0 Å². The Kier molecular flexibility index (Phi) is 7.12. The third-order valence-corrected chi connectivity index (χ3v) is 3.69. The van der Waals surface area contributed by atoms with Gasteiger partial charge in [0, 0.05) is 13.1 Å². The minimum Gasteiger partial charge on any atom is -0.497 e. The van der Waals surface area contributed by atoms with Crippen LogP contribution in [-0.4, -0.2) is 31.1 Å². The van der Waals surface area contributed by atoms with Gasteiger partial charge in [0.2, 0.25) is 0 Å². The molecule has 1 fully saturated rings. The lowest BCUT2D eigenvalue weighted by molar-refractivity contribution is 0.277. The maximum atomic E-state index is 6.05. The van der Waals surface area contributed by atoms with Crippen LogP contribution < -0.4 is 10.5 Å². The molecule has 0 spiro atoms. The molecule has 0 saturated carbocycles. The Morgan fingerprint density at radius 1 is 1.30 bits per heavy atom. The van der Waals surface area contributed by atoms with Crippen molar-refractivity contribution in [2.45, 2.75) is 26.3 Å². The van der Waals surface area contributed by atoms with Gasteiger partial charge in [-0.15, -0.1) is 24.0 Å². The van der Waals surface area contributed by atoms with Crippen molar-refractivity contribution in [1.82, 2.24) is 4.90 Å². The lowest BCUT2D eigenvalue weighted by Gasteiger charge is -2.31. The summed E-state index contributed by atoms with van der Waals surface area (Å²) in [4.78, 5) is 6.66. The van der Waals surface area contributed by atoms with Crippen LogP contribution in [0.2, 0.25) is 0 Å². The summed E-state index contributed by atoms with van der Waals surface area (Å²) in [6.07, 6.45) is 2.41. The number of guanidine groups is 1. The van der Waals surface area contributed by atoms with Crippen molar-refractivity contribution in [3.63, 3.8) is 0 Å². The van der Waals surface area contributed by atoms with E-state index in [0.29, 0.717) is 12.5 Å². The molecule has 112 valence electrons. The number of likely N-dealkylation sites (tertiary alicyclic amines) is 1. The molecule has 5 heteroatoms. The standard InChI is InChI=1S/C15H23N3O.HI/c1-12-7-9-18(10-8-12)15(16)17-11-13-3-5-14(19-2)6-4-13;/h3-6,12H,7-11H2,1-2H3,(H2,16,17);1H. The normalized spacial score (nSPS) is 16.7. The SMILES string of the molecule is COc1ccc(CN=C(N)N2CCC(C)CC2)cc1.I. The second-order valence-corrected chi connectivity index (χ2v) is 5.19. The van der Waals surface area contributed by atoms with Gasteiger partial charge >= 0.3 is 0 Å². The molecule has 0 bridgehead atoms. The van der Waals surface area contributed by atoms with Gasteiger partial charge in [-0.3, -0.25) is 0 Å². The summed E-state index contributed by atoms with van der Waals surface area (Å²) in [6, 6.07) is 7.94. The molecule has 1 heterocycles. The Morgan fingerprint density at radius 2 is 1.90 bits per heavy atom. The first-order valence-electron chi connectivity index (χ1n) is 6.87. The summed E-state index contributed by atoms with van der Waals surface area (Å²) in [5, 5.41) is 0. The van der Waals surface area contributed by atoms with Crippen LogP contribution >= 0.6 is 24.0 Å². The molecule has 1 aliphatic heterocycles. The molecule has 0 atom stereocenters. The molecule has 2 N–H and O–H groups in total. The van der Waals surface area contributed by atoms with Crippen LogP contribution in [0.1, 0.15) is 25.3 Å². The Hall–Kier alpha value is -0.980. The van der Waals surface area contributed by atoms with Gasteiger partial charge in [-0.1, -0.05) is 19.1 Å². The first kappa shape index (κ1) is 17.1. The number of aliphatic imine (C=N–C) groups is 1. The van der Waals surface area contributed by atoms with Crippen molar-refractivity contribution in [2.75, 3.05) is 20.2 Å². The third-order valence-electron chi connectivity index (χ3n) is 3.69. The van der Waals surface area contributed by atoms with Crippen molar-refractivity contribution in [1.29, 1.82) is 0 Å². The molecule has 1 aromatic rings. The van der Waals surface area contributed by atoms with Gasteiger partial charge in [0.05, 0.1) is 13.7 Å². The van der Waals surface area contributed by atoms with Crippen molar-refractivity contribution < 1.29 is 4.74 Å². The van der Waals surface area contributed by atoms with Crippen LogP contribution in [0.4, 0.5) is 0 Å². The van der Waals surface area contributed by atoms with Gasteiger partial charge in [0.25, 0.3) is 0 Å². The van der Waals surface area contributed by atoms with Crippen LogP contribution in [-0.2, 0) is 6.54 Å². The Labute approximate surface area is 138 Å². The first-order valence-corrected chi connectivity index (χ1v) is 6.87. The smallest absolute Gasteiger partial charge is 0.191 e. The average molecular weight is 389 g/mol. The molecule has 0 aromatic heterocycles. The number of benzene rings is 1. The van der Waals surface area contributed by atoms with E-state index >= 15 is 0 Å². The van der Waals surface area contributed by atoms with Crippen LogP contribution in [0, 0.1) is 5.92 Å². The van der Waals surface area contributed by atoms with E-state index in [-0.39, 0.29) is 24.0 Å². The molecule has 1 aromatic carbocycles. The van der Waals surface area contributed by atoms with E-state index < -0.39 is 0 Å².